The Morgan fingerprint density at radius 3 is 2.29 bits per heavy atom. The summed E-state index contributed by atoms with van der Waals surface area (Å²) in [5.74, 6) is 1.41. The van der Waals surface area contributed by atoms with Crippen molar-refractivity contribution < 1.29 is 19.3 Å². The van der Waals surface area contributed by atoms with E-state index in [1.807, 2.05) is 30.3 Å². The molecule has 0 spiro atoms. The van der Waals surface area contributed by atoms with Gasteiger partial charge in [-0.2, -0.15) is 0 Å². The molecule has 0 saturated carbocycles. The molecule has 150 valence electrons. The Labute approximate surface area is 168 Å². The first-order valence-corrected chi connectivity index (χ1v) is 10.3. The molecule has 1 amide bonds. The first-order chi connectivity index (χ1) is 13.6. The molecule has 1 aliphatic heterocycles. The zero-order valence-corrected chi connectivity index (χ0v) is 17.0. The number of benzene rings is 2. The molecule has 0 radical (unpaired) electrons. The lowest BCUT2D eigenvalue weighted by Crippen LogP contribution is -3.28. The maximum atomic E-state index is 12.3. The van der Waals surface area contributed by atoms with Crippen LogP contribution in [0.15, 0.2) is 54.6 Å². The minimum atomic E-state index is 0.163. The van der Waals surface area contributed by atoms with Crippen molar-refractivity contribution in [1.29, 1.82) is 0 Å². The summed E-state index contributed by atoms with van der Waals surface area (Å²) in [6.45, 7) is 8.79. The standard InChI is InChI=1S/C23H31N3O2/c1-19(21-6-4-3-5-7-21)16-24-23(27)18-26-14-12-25(13-15-26)17-20-8-10-22(28-2)11-9-20/h3-11,19H,12-18H2,1-2H3,(H,24,27)/p+2/t19-/m0/s1. The Kier molecular flexibility index (Phi) is 7.46. The number of quaternary nitrogens is 2. The molecule has 5 nitrogen and oxygen atoms in total. The average molecular weight is 384 g/mol. The molecule has 1 aliphatic rings. The Morgan fingerprint density at radius 2 is 1.64 bits per heavy atom. The van der Waals surface area contributed by atoms with Crippen LogP contribution < -0.4 is 19.9 Å². The number of carbonyl (C=O) groups is 1. The van der Waals surface area contributed by atoms with Gasteiger partial charge in [-0.05, 0) is 35.7 Å². The summed E-state index contributed by atoms with van der Waals surface area (Å²) in [5.41, 5.74) is 2.61. The third-order valence-electron chi connectivity index (χ3n) is 5.66. The normalized spacial score (nSPS) is 20.4. The van der Waals surface area contributed by atoms with Gasteiger partial charge in [-0.15, -0.1) is 0 Å². The number of carbonyl (C=O) groups excluding carboxylic acids is 1. The van der Waals surface area contributed by atoms with Crippen molar-refractivity contribution in [3.8, 4) is 5.75 Å². The van der Waals surface area contributed by atoms with Gasteiger partial charge in [0.05, 0.1) is 7.11 Å². The molecular formula is C23H33N3O2+2. The minimum absolute atomic E-state index is 0.163. The van der Waals surface area contributed by atoms with Crippen molar-refractivity contribution >= 4 is 5.91 Å². The Bertz CT molecular complexity index is 725. The lowest BCUT2D eigenvalue weighted by atomic mass is 10.0. The number of amides is 1. The second kappa shape index (κ2) is 10.2. The average Bonchev–Trinajstić information content (AvgIpc) is 2.74. The number of hydrogen-bond acceptors (Lipinski definition) is 2. The Hall–Kier alpha value is -2.37. The number of rotatable bonds is 8. The molecule has 2 aromatic carbocycles. The first kappa shape index (κ1) is 20.4. The van der Waals surface area contributed by atoms with Crippen molar-refractivity contribution in [1.82, 2.24) is 5.32 Å². The monoisotopic (exact) mass is 383 g/mol. The fourth-order valence-electron chi connectivity index (χ4n) is 3.80. The highest BCUT2D eigenvalue weighted by atomic mass is 16.5. The Balaban J connectivity index is 1.36. The van der Waals surface area contributed by atoms with Gasteiger partial charge in [0.25, 0.3) is 5.91 Å². The number of nitrogens with one attached hydrogen (secondary N) is 3. The van der Waals surface area contributed by atoms with Crippen molar-refractivity contribution in [3.63, 3.8) is 0 Å². The van der Waals surface area contributed by atoms with E-state index in [-0.39, 0.29) is 5.91 Å². The predicted molar refractivity (Wildman–Crippen MR) is 111 cm³/mol. The quantitative estimate of drug-likeness (QED) is 0.596. The van der Waals surface area contributed by atoms with Gasteiger partial charge in [-0.25, -0.2) is 0 Å². The van der Waals surface area contributed by atoms with Crippen LogP contribution in [0.25, 0.3) is 0 Å². The maximum Gasteiger partial charge on any atom is 0.275 e. The molecule has 3 rings (SSSR count). The van der Waals surface area contributed by atoms with Gasteiger partial charge in [0.15, 0.2) is 6.54 Å². The summed E-state index contributed by atoms with van der Waals surface area (Å²) in [6.07, 6.45) is 0. The second-order valence-electron chi connectivity index (χ2n) is 7.82. The highest BCUT2D eigenvalue weighted by molar-refractivity contribution is 5.76. The van der Waals surface area contributed by atoms with E-state index in [9.17, 15) is 4.79 Å². The van der Waals surface area contributed by atoms with E-state index < -0.39 is 0 Å². The van der Waals surface area contributed by atoms with Gasteiger partial charge in [0, 0.05) is 12.1 Å². The van der Waals surface area contributed by atoms with E-state index in [1.54, 1.807) is 12.0 Å². The molecule has 1 fully saturated rings. The number of hydrogen-bond donors (Lipinski definition) is 3. The number of piperazine rings is 1. The molecule has 28 heavy (non-hydrogen) atoms. The van der Waals surface area contributed by atoms with Gasteiger partial charge >= 0.3 is 0 Å². The summed E-state index contributed by atoms with van der Waals surface area (Å²) < 4.78 is 5.22. The summed E-state index contributed by atoms with van der Waals surface area (Å²) in [6, 6.07) is 18.7. The van der Waals surface area contributed by atoms with E-state index in [0.29, 0.717) is 19.0 Å². The fraction of sp³-hybridized carbons (Fsp3) is 0.435. The molecule has 5 heteroatoms. The van der Waals surface area contributed by atoms with Crippen LogP contribution in [0.5, 0.6) is 5.75 Å². The minimum Gasteiger partial charge on any atom is -0.497 e. The zero-order valence-electron chi connectivity index (χ0n) is 17.0. The van der Waals surface area contributed by atoms with Crippen LogP contribution in [0.3, 0.4) is 0 Å². The second-order valence-corrected chi connectivity index (χ2v) is 7.82. The smallest absolute Gasteiger partial charge is 0.275 e. The molecule has 0 bridgehead atoms. The highest BCUT2D eigenvalue weighted by Crippen LogP contribution is 2.12. The van der Waals surface area contributed by atoms with Crippen LogP contribution in [-0.4, -0.2) is 52.3 Å². The van der Waals surface area contributed by atoms with Crippen molar-refractivity contribution in [3.05, 3.63) is 65.7 Å². The zero-order chi connectivity index (χ0) is 19.8. The lowest BCUT2D eigenvalue weighted by molar-refractivity contribution is -1.02. The van der Waals surface area contributed by atoms with Gasteiger partial charge in [-0.1, -0.05) is 37.3 Å². The van der Waals surface area contributed by atoms with Crippen molar-refractivity contribution in [2.24, 2.45) is 0 Å². The molecule has 3 N–H and O–H groups in total. The summed E-state index contributed by atoms with van der Waals surface area (Å²) >= 11 is 0. The van der Waals surface area contributed by atoms with Crippen molar-refractivity contribution in [2.45, 2.75) is 19.4 Å². The first-order valence-electron chi connectivity index (χ1n) is 10.3. The molecule has 0 aromatic heterocycles. The molecular weight excluding hydrogens is 350 g/mol. The summed E-state index contributed by atoms with van der Waals surface area (Å²) in [5, 5.41) is 3.11. The highest BCUT2D eigenvalue weighted by Gasteiger charge is 2.25. The largest absolute Gasteiger partial charge is 0.497 e. The molecule has 1 atom stereocenters. The number of methoxy groups -OCH3 is 1. The number of ether oxygens (including phenoxy) is 1. The van der Waals surface area contributed by atoms with E-state index in [0.717, 1.165) is 38.5 Å². The predicted octanol–water partition coefficient (Wildman–Crippen LogP) is -0.101. The van der Waals surface area contributed by atoms with Crippen LogP contribution >= 0.6 is 0 Å². The van der Waals surface area contributed by atoms with Gasteiger partial charge in [-0.3, -0.25) is 4.79 Å². The van der Waals surface area contributed by atoms with E-state index >= 15 is 0 Å². The molecule has 0 unspecified atom stereocenters. The third kappa shape index (κ3) is 6.08. The van der Waals surface area contributed by atoms with Crippen LogP contribution in [0.1, 0.15) is 24.0 Å². The molecule has 1 saturated heterocycles. The molecule has 1 heterocycles. The summed E-state index contributed by atoms with van der Waals surface area (Å²) in [7, 11) is 1.70. The molecule has 2 aromatic rings. The van der Waals surface area contributed by atoms with E-state index in [4.69, 9.17) is 4.74 Å². The SMILES string of the molecule is COc1ccc(C[NH+]2CC[NH+](CC(=O)NC[C@H](C)c3ccccc3)CC2)cc1. The van der Waals surface area contributed by atoms with Gasteiger partial charge in [0.2, 0.25) is 0 Å². The van der Waals surface area contributed by atoms with Gasteiger partial charge < -0.3 is 19.9 Å². The van der Waals surface area contributed by atoms with E-state index in [2.05, 4.69) is 36.5 Å². The van der Waals surface area contributed by atoms with E-state index in [1.165, 1.54) is 16.0 Å². The lowest BCUT2D eigenvalue weighted by Gasteiger charge is -2.29. The van der Waals surface area contributed by atoms with Crippen LogP contribution in [0, 0.1) is 0 Å². The fourth-order valence-corrected chi connectivity index (χ4v) is 3.80. The molecule has 0 aliphatic carbocycles. The van der Waals surface area contributed by atoms with Crippen LogP contribution in [0.4, 0.5) is 0 Å². The van der Waals surface area contributed by atoms with Gasteiger partial charge in [0.1, 0.15) is 38.5 Å². The third-order valence-corrected chi connectivity index (χ3v) is 5.66. The Morgan fingerprint density at radius 1 is 1.00 bits per heavy atom. The maximum absolute atomic E-state index is 12.3. The topological polar surface area (TPSA) is 47.2 Å². The van der Waals surface area contributed by atoms with Crippen LogP contribution in [-0.2, 0) is 11.3 Å². The van der Waals surface area contributed by atoms with Crippen LogP contribution in [0.2, 0.25) is 0 Å². The summed E-state index contributed by atoms with van der Waals surface area (Å²) in [4.78, 5) is 15.3. The van der Waals surface area contributed by atoms with Crippen molar-refractivity contribution in [2.75, 3.05) is 46.4 Å².